The average molecular weight is 498 g/mol. The zero-order chi connectivity index (χ0) is 25.9. The van der Waals surface area contributed by atoms with Crippen LogP contribution in [0.15, 0.2) is 70.1 Å². The Morgan fingerprint density at radius 2 is 1.59 bits per heavy atom. The van der Waals surface area contributed by atoms with Crippen LogP contribution in [0.5, 0.6) is 0 Å². The smallest absolute Gasteiger partial charge is 0.330 e. The molecule has 0 saturated carbocycles. The van der Waals surface area contributed by atoms with Crippen LogP contribution in [-0.4, -0.2) is 60.5 Å². The van der Waals surface area contributed by atoms with Gasteiger partial charge in [-0.2, -0.15) is 4.99 Å². The first-order valence-corrected chi connectivity index (χ1v) is 12.7. The molecule has 1 fully saturated rings. The number of rotatable bonds is 5. The van der Waals surface area contributed by atoms with Crippen molar-refractivity contribution in [3.63, 3.8) is 0 Å². The molecule has 0 bridgehead atoms. The van der Waals surface area contributed by atoms with Crippen molar-refractivity contribution >= 4 is 34.8 Å². The standard InChI is InChI=1S/C28H31N7O2/c1-4-19-7-6-8-20(5-2)25(19)29-28(37)35-17-23-24(18-35)31-32-26(23)30-27(36)21-9-11-22(12-10-21)34-15-13-33(3)14-16-34/h6-12,17-18H,4-5,13-16H2,1-3H3,(H,29,37). The number of aromatic nitrogens is 1. The first kappa shape index (κ1) is 24.6. The Balaban J connectivity index is 1.31. The number of azo groups is 1. The topological polar surface area (TPSA) is 94.7 Å². The van der Waals surface area contributed by atoms with Gasteiger partial charge < -0.3 is 15.1 Å². The maximum atomic E-state index is 13.1. The van der Waals surface area contributed by atoms with Crippen LogP contribution >= 0.6 is 0 Å². The molecule has 2 aliphatic rings. The fourth-order valence-corrected chi connectivity index (χ4v) is 4.67. The van der Waals surface area contributed by atoms with E-state index in [1.165, 1.54) is 4.57 Å². The fourth-order valence-electron chi connectivity index (χ4n) is 4.67. The summed E-state index contributed by atoms with van der Waals surface area (Å²) < 4.78 is 1.43. The van der Waals surface area contributed by atoms with Crippen molar-refractivity contribution in [3.8, 4) is 0 Å². The molecule has 2 aliphatic heterocycles. The Morgan fingerprint density at radius 3 is 2.24 bits per heavy atom. The van der Waals surface area contributed by atoms with E-state index in [2.05, 4.69) is 51.2 Å². The summed E-state index contributed by atoms with van der Waals surface area (Å²) in [7, 11) is 2.12. The summed E-state index contributed by atoms with van der Waals surface area (Å²) >= 11 is 0. The minimum atomic E-state index is -0.395. The van der Waals surface area contributed by atoms with Gasteiger partial charge in [0.2, 0.25) is 0 Å². The lowest BCUT2D eigenvalue weighted by atomic mass is 10.0. The Kier molecular flexibility index (Phi) is 6.96. The molecule has 9 nitrogen and oxygen atoms in total. The number of aliphatic imine (C=N–C) groups is 1. The quantitative estimate of drug-likeness (QED) is 0.529. The van der Waals surface area contributed by atoms with Gasteiger partial charge >= 0.3 is 6.03 Å². The second-order valence-corrected chi connectivity index (χ2v) is 9.33. The van der Waals surface area contributed by atoms with Crippen LogP contribution in [0.4, 0.5) is 21.9 Å². The van der Waals surface area contributed by atoms with E-state index in [9.17, 15) is 9.59 Å². The van der Waals surface area contributed by atoms with Crippen LogP contribution in [-0.2, 0) is 12.8 Å². The van der Waals surface area contributed by atoms with Crippen molar-refractivity contribution in [1.29, 1.82) is 0 Å². The third-order valence-corrected chi connectivity index (χ3v) is 6.95. The van der Waals surface area contributed by atoms with E-state index in [-0.39, 0.29) is 11.9 Å². The van der Waals surface area contributed by atoms with E-state index in [1.807, 2.05) is 30.3 Å². The van der Waals surface area contributed by atoms with Gasteiger partial charge in [0, 0.05) is 55.5 Å². The van der Waals surface area contributed by atoms with Crippen LogP contribution in [0.25, 0.3) is 0 Å². The number of para-hydroxylation sites is 1. The number of piperazine rings is 1. The highest BCUT2D eigenvalue weighted by Gasteiger charge is 2.23. The second-order valence-electron chi connectivity index (χ2n) is 9.33. The summed E-state index contributed by atoms with van der Waals surface area (Å²) in [6.45, 7) is 8.09. The number of likely N-dealkylation sites (N-methyl/N-ethyl adjacent to an activating group) is 1. The molecule has 190 valence electrons. The molecule has 2 aromatic carbocycles. The number of nitrogens with zero attached hydrogens (tertiary/aromatic N) is 6. The van der Waals surface area contributed by atoms with Crippen molar-refractivity contribution in [2.24, 2.45) is 15.2 Å². The number of amides is 2. The molecule has 0 unspecified atom stereocenters. The van der Waals surface area contributed by atoms with Crippen LogP contribution in [0.3, 0.4) is 0 Å². The summed E-state index contributed by atoms with van der Waals surface area (Å²) in [5.41, 5.74) is 5.64. The maximum absolute atomic E-state index is 13.1. The number of hydrogen-bond donors (Lipinski definition) is 1. The van der Waals surface area contributed by atoms with Crippen LogP contribution < -0.4 is 10.2 Å². The lowest BCUT2D eigenvalue weighted by molar-refractivity contribution is 0.100. The number of carbonyl (C=O) groups is 2. The van der Waals surface area contributed by atoms with Crippen LogP contribution in [0.1, 0.15) is 40.9 Å². The summed E-state index contributed by atoms with van der Waals surface area (Å²) in [4.78, 5) is 34.7. The highest BCUT2D eigenvalue weighted by molar-refractivity contribution is 6.13. The molecular weight excluding hydrogens is 466 g/mol. The summed E-state index contributed by atoms with van der Waals surface area (Å²) in [6, 6.07) is 13.3. The molecule has 1 saturated heterocycles. The maximum Gasteiger partial charge on any atom is 0.330 e. The third kappa shape index (κ3) is 5.08. The summed E-state index contributed by atoms with van der Waals surface area (Å²) in [6.07, 6.45) is 4.85. The molecule has 1 N–H and O–H groups in total. The number of aryl methyl sites for hydroxylation is 2. The third-order valence-electron chi connectivity index (χ3n) is 6.95. The van der Waals surface area contributed by atoms with E-state index in [4.69, 9.17) is 0 Å². The fraction of sp³-hybridized carbons (Fsp3) is 0.321. The van der Waals surface area contributed by atoms with Gasteiger partial charge in [0.25, 0.3) is 5.91 Å². The van der Waals surface area contributed by atoms with E-state index >= 15 is 0 Å². The van der Waals surface area contributed by atoms with Gasteiger partial charge in [-0.3, -0.25) is 9.36 Å². The van der Waals surface area contributed by atoms with Crippen LogP contribution in [0.2, 0.25) is 0 Å². The van der Waals surface area contributed by atoms with Crippen molar-refractivity contribution in [2.75, 3.05) is 43.4 Å². The number of hydrogen-bond acceptors (Lipinski definition) is 5. The first-order chi connectivity index (χ1) is 18.0. The lowest BCUT2D eigenvalue weighted by Crippen LogP contribution is -2.44. The van der Waals surface area contributed by atoms with Gasteiger partial charge in [-0.25, -0.2) is 4.79 Å². The first-order valence-electron chi connectivity index (χ1n) is 12.7. The average Bonchev–Trinajstić information content (AvgIpc) is 3.51. The van der Waals surface area contributed by atoms with E-state index in [1.54, 1.807) is 24.5 Å². The molecule has 0 radical (unpaired) electrons. The van der Waals surface area contributed by atoms with Crippen molar-refractivity contribution in [3.05, 3.63) is 77.1 Å². The number of fused-ring (bicyclic) bond motifs is 1. The van der Waals surface area contributed by atoms with Crippen LogP contribution in [0, 0.1) is 0 Å². The minimum Gasteiger partial charge on any atom is -0.369 e. The van der Waals surface area contributed by atoms with Gasteiger partial charge in [-0.05, 0) is 55.3 Å². The van der Waals surface area contributed by atoms with Gasteiger partial charge in [-0.15, -0.1) is 10.2 Å². The molecule has 9 heteroatoms. The van der Waals surface area contributed by atoms with Gasteiger partial charge in [-0.1, -0.05) is 32.0 Å². The summed E-state index contributed by atoms with van der Waals surface area (Å²) in [5, 5.41) is 11.2. The Labute approximate surface area is 216 Å². The van der Waals surface area contributed by atoms with E-state index < -0.39 is 5.91 Å². The lowest BCUT2D eigenvalue weighted by Gasteiger charge is -2.34. The molecular formula is C28H31N7O2. The molecule has 5 rings (SSSR count). The second kappa shape index (κ2) is 10.5. The zero-order valence-electron chi connectivity index (χ0n) is 21.4. The molecule has 37 heavy (non-hydrogen) atoms. The molecule has 0 aliphatic carbocycles. The number of carbonyl (C=O) groups excluding carboxylic acids is 2. The minimum absolute atomic E-state index is 0.206. The Morgan fingerprint density at radius 1 is 0.919 bits per heavy atom. The predicted octanol–water partition coefficient (Wildman–Crippen LogP) is 5.13. The van der Waals surface area contributed by atoms with Crippen molar-refractivity contribution in [1.82, 2.24) is 9.47 Å². The molecule has 1 aromatic heterocycles. The van der Waals surface area contributed by atoms with Crippen molar-refractivity contribution in [2.45, 2.75) is 26.7 Å². The Hall–Kier alpha value is -4.11. The monoisotopic (exact) mass is 497 g/mol. The van der Waals surface area contributed by atoms with Gasteiger partial charge in [0.1, 0.15) is 5.69 Å². The molecule has 3 heterocycles. The molecule has 0 spiro atoms. The Bertz CT molecular complexity index is 1360. The number of amidine groups is 1. The highest BCUT2D eigenvalue weighted by Crippen LogP contribution is 2.30. The zero-order valence-corrected chi connectivity index (χ0v) is 21.4. The molecule has 3 aromatic rings. The number of benzene rings is 2. The SMILES string of the molecule is CCc1cccc(CC)c1NC(=O)n1cc2c(c1)C(=NC(=O)c1ccc(N3CCN(C)CC3)cc1)N=N2. The number of anilines is 2. The normalized spacial score (nSPS) is 16.3. The predicted molar refractivity (Wildman–Crippen MR) is 146 cm³/mol. The van der Waals surface area contributed by atoms with Gasteiger partial charge in [0.05, 0.1) is 5.56 Å². The molecule has 0 atom stereocenters. The van der Waals surface area contributed by atoms with Crippen molar-refractivity contribution < 1.29 is 9.59 Å². The van der Waals surface area contributed by atoms with E-state index in [0.29, 0.717) is 16.8 Å². The number of nitrogens with one attached hydrogen (secondary N) is 1. The van der Waals surface area contributed by atoms with Gasteiger partial charge in [0.15, 0.2) is 5.84 Å². The molecule has 2 amide bonds. The van der Waals surface area contributed by atoms with E-state index in [0.717, 1.165) is 61.5 Å². The summed E-state index contributed by atoms with van der Waals surface area (Å²) in [5.74, 6) is -0.189. The highest BCUT2D eigenvalue weighted by atomic mass is 16.2. The largest absolute Gasteiger partial charge is 0.369 e.